The van der Waals surface area contributed by atoms with Crippen molar-refractivity contribution in [3.63, 3.8) is 0 Å². The Balaban J connectivity index is 1.64. The van der Waals surface area contributed by atoms with Gasteiger partial charge in [0.1, 0.15) is 0 Å². The molecule has 3 N–H and O–H groups in total. The number of benzene rings is 1. The molecule has 0 bridgehead atoms. The van der Waals surface area contributed by atoms with Crippen molar-refractivity contribution in [2.24, 2.45) is 5.41 Å². The topological polar surface area (TPSA) is 92.3 Å². The summed E-state index contributed by atoms with van der Waals surface area (Å²) in [4.78, 5) is 29.1. The highest BCUT2D eigenvalue weighted by atomic mass is 16.5. The SMILES string of the molecule is COCC1(C(=O)Nc2ccc(C(=O)Nc3cccnc3)cc2)CCNCC1. The van der Waals surface area contributed by atoms with Gasteiger partial charge in [-0.1, -0.05) is 0 Å². The summed E-state index contributed by atoms with van der Waals surface area (Å²) >= 11 is 0. The molecule has 1 aliphatic heterocycles. The lowest BCUT2D eigenvalue weighted by atomic mass is 9.78. The van der Waals surface area contributed by atoms with E-state index in [2.05, 4.69) is 20.9 Å². The molecule has 1 aromatic carbocycles. The third-order valence-electron chi connectivity index (χ3n) is 4.79. The summed E-state index contributed by atoms with van der Waals surface area (Å²) in [5.41, 5.74) is 1.28. The number of carbonyl (C=O) groups is 2. The standard InChI is InChI=1S/C20H24N4O3/c1-27-14-20(8-11-21-12-9-20)19(26)24-16-6-4-15(5-7-16)18(25)23-17-3-2-10-22-13-17/h2-7,10,13,21H,8-9,11-12,14H2,1H3,(H,23,25)(H,24,26). The maximum absolute atomic E-state index is 12.8. The van der Waals surface area contributed by atoms with Crippen LogP contribution in [0, 0.1) is 5.41 Å². The lowest BCUT2D eigenvalue weighted by Gasteiger charge is -2.35. The Labute approximate surface area is 158 Å². The molecule has 1 aliphatic rings. The van der Waals surface area contributed by atoms with Gasteiger partial charge in [0.05, 0.1) is 23.9 Å². The molecule has 2 aromatic rings. The van der Waals surface area contributed by atoms with Gasteiger partial charge >= 0.3 is 0 Å². The first-order chi connectivity index (χ1) is 13.1. The lowest BCUT2D eigenvalue weighted by molar-refractivity contribution is -0.130. The van der Waals surface area contributed by atoms with Crippen molar-refractivity contribution in [1.29, 1.82) is 0 Å². The summed E-state index contributed by atoms with van der Waals surface area (Å²) < 4.78 is 5.30. The average Bonchev–Trinajstić information content (AvgIpc) is 2.70. The van der Waals surface area contributed by atoms with Gasteiger partial charge in [0.2, 0.25) is 5.91 Å². The monoisotopic (exact) mass is 368 g/mol. The van der Waals surface area contributed by atoms with Crippen molar-refractivity contribution in [2.75, 3.05) is 37.4 Å². The average molecular weight is 368 g/mol. The van der Waals surface area contributed by atoms with Crippen LogP contribution in [0.4, 0.5) is 11.4 Å². The number of amides is 2. The number of nitrogens with one attached hydrogen (secondary N) is 3. The van der Waals surface area contributed by atoms with E-state index in [9.17, 15) is 9.59 Å². The fourth-order valence-corrected chi connectivity index (χ4v) is 3.23. The first-order valence-corrected chi connectivity index (χ1v) is 8.95. The quantitative estimate of drug-likeness (QED) is 0.728. The van der Waals surface area contributed by atoms with Crippen LogP contribution in [0.15, 0.2) is 48.8 Å². The maximum Gasteiger partial charge on any atom is 0.255 e. The molecule has 0 atom stereocenters. The zero-order valence-electron chi connectivity index (χ0n) is 15.3. The number of anilines is 2. The number of pyridine rings is 1. The Kier molecular flexibility index (Phi) is 6.16. The van der Waals surface area contributed by atoms with E-state index in [1.54, 1.807) is 55.9 Å². The summed E-state index contributed by atoms with van der Waals surface area (Å²) in [5, 5.41) is 9.02. The highest BCUT2D eigenvalue weighted by Crippen LogP contribution is 2.31. The van der Waals surface area contributed by atoms with Crippen LogP contribution in [-0.2, 0) is 9.53 Å². The second kappa shape index (κ2) is 8.75. The Morgan fingerprint density at radius 1 is 1.11 bits per heavy atom. The molecule has 1 aromatic heterocycles. The predicted molar refractivity (Wildman–Crippen MR) is 104 cm³/mol. The van der Waals surface area contributed by atoms with E-state index in [0.29, 0.717) is 23.5 Å². The molecule has 0 saturated carbocycles. The van der Waals surface area contributed by atoms with Crippen LogP contribution in [0.5, 0.6) is 0 Å². The van der Waals surface area contributed by atoms with E-state index < -0.39 is 5.41 Å². The van der Waals surface area contributed by atoms with E-state index in [1.807, 2.05) is 0 Å². The van der Waals surface area contributed by atoms with E-state index in [4.69, 9.17) is 4.74 Å². The summed E-state index contributed by atoms with van der Waals surface area (Å²) in [6, 6.07) is 10.4. The van der Waals surface area contributed by atoms with Gasteiger partial charge in [-0.3, -0.25) is 14.6 Å². The van der Waals surface area contributed by atoms with E-state index in [-0.39, 0.29) is 11.8 Å². The van der Waals surface area contributed by atoms with Crippen molar-refractivity contribution < 1.29 is 14.3 Å². The van der Waals surface area contributed by atoms with Gasteiger partial charge in [-0.25, -0.2) is 0 Å². The second-order valence-corrected chi connectivity index (χ2v) is 6.69. The number of hydrogen-bond donors (Lipinski definition) is 3. The minimum absolute atomic E-state index is 0.0431. The number of ether oxygens (including phenoxy) is 1. The fourth-order valence-electron chi connectivity index (χ4n) is 3.23. The van der Waals surface area contributed by atoms with Crippen molar-refractivity contribution in [3.05, 3.63) is 54.4 Å². The van der Waals surface area contributed by atoms with Gasteiger partial charge in [-0.15, -0.1) is 0 Å². The van der Waals surface area contributed by atoms with Gasteiger partial charge in [-0.05, 0) is 62.3 Å². The highest BCUT2D eigenvalue weighted by molar-refractivity contribution is 6.04. The number of hydrogen-bond acceptors (Lipinski definition) is 5. The minimum Gasteiger partial charge on any atom is -0.384 e. The Hall–Kier alpha value is -2.77. The van der Waals surface area contributed by atoms with Crippen LogP contribution in [0.3, 0.4) is 0 Å². The zero-order valence-corrected chi connectivity index (χ0v) is 15.3. The minimum atomic E-state index is -0.518. The molecular weight excluding hydrogens is 344 g/mol. The Bertz CT molecular complexity index is 766. The number of carbonyl (C=O) groups excluding carboxylic acids is 2. The molecule has 27 heavy (non-hydrogen) atoms. The normalized spacial score (nSPS) is 15.7. The van der Waals surface area contributed by atoms with Gasteiger partial charge < -0.3 is 20.7 Å². The summed E-state index contributed by atoms with van der Waals surface area (Å²) in [5.74, 6) is -0.270. The molecule has 2 amide bonds. The molecule has 2 heterocycles. The van der Waals surface area contributed by atoms with Crippen LogP contribution >= 0.6 is 0 Å². The van der Waals surface area contributed by atoms with Crippen LogP contribution in [0.1, 0.15) is 23.2 Å². The summed E-state index contributed by atoms with van der Waals surface area (Å²) in [7, 11) is 1.62. The molecule has 142 valence electrons. The van der Waals surface area contributed by atoms with Crippen LogP contribution in [-0.4, -0.2) is 43.6 Å². The smallest absolute Gasteiger partial charge is 0.255 e. The number of rotatable bonds is 6. The van der Waals surface area contributed by atoms with Gasteiger partial charge in [0.15, 0.2) is 0 Å². The molecular formula is C20H24N4O3. The second-order valence-electron chi connectivity index (χ2n) is 6.69. The van der Waals surface area contributed by atoms with Gasteiger partial charge in [-0.2, -0.15) is 0 Å². The highest BCUT2D eigenvalue weighted by Gasteiger charge is 2.39. The van der Waals surface area contributed by atoms with Crippen molar-refractivity contribution >= 4 is 23.2 Å². The first kappa shape index (κ1) is 19.0. The molecule has 0 unspecified atom stereocenters. The predicted octanol–water partition coefficient (Wildman–Crippen LogP) is 2.29. The number of nitrogens with zero attached hydrogens (tertiary/aromatic N) is 1. The molecule has 0 aliphatic carbocycles. The summed E-state index contributed by atoms with van der Waals surface area (Å²) in [6.45, 7) is 1.99. The first-order valence-electron chi connectivity index (χ1n) is 8.95. The molecule has 1 fully saturated rings. The van der Waals surface area contributed by atoms with E-state index in [1.165, 1.54) is 0 Å². The van der Waals surface area contributed by atoms with Gasteiger partial charge in [0.25, 0.3) is 5.91 Å². The van der Waals surface area contributed by atoms with Gasteiger partial charge in [0, 0.05) is 24.6 Å². The zero-order chi connectivity index (χ0) is 19.1. The van der Waals surface area contributed by atoms with Crippen LogP contribution in [0.2, 0.25) is 0 Å². The van der Waals surface area contributed by atoms with Crippen molar-refractivity contribution in [2.45, 2.75) is 12.8 Å². The van der Waals surface area contributed by atoms with E-state index >= 15 is 0 Å². The number of methoxy groups -OCH3 is 1. The van der Waals surface area contributed by atoms with Crippen LogP contribution in [0.25, 0.3) is 0 Å². The number of aromatic nitrogens is 1. The molecule has 0 radical (unpaired) electrons. The largest absolute Gasteiger partial charge is 0.384 e. The molecule has 1 saturated heterocycles. The molecule has 3 rings (SSSR count). The molecule has 0 spiro atoms. The van der Waals surface area contributed by atoms with Crippen molar-refractivity contribution in [3.8, 4) is 0 Å². The van der Waals surface area contributed by atoms with Crippen molar-refractivity contribution in [1.82, 2.24) is 10.3 Å². The lowest BCUT2D eigenvalue weighted by Crippen LogP contribution is -2.47. The number of piperidine rings is 1. The Morgan fingerprint density at radius 2 is 1.85 bits per heavy atom. The third kappa shape index (κ3) is 4.69. The van der Waals surface area contributed by atoms with E-state index in [0.717, 1.165) is 25.9 Å². The summed E-state index contributed by atoms with van der Waals surface area (Å²) in [6.07, 6.45) is 4.70. The third-order valence-corrected chi connectivity index (χ3v) is 4.79. The maximum atomic E-state index is 12.8. The molecule has 7 heteroatoms. The molecule has 7 nitrogen and oxygen atoms in total. The fraction of sp³-hybridized carbons (Fsp3) is 0.350. The Morgan fingerprint density at radius 3 is 2.48 bits per heavy atom. The van der Waals surface area contributed by atoms with Crippen LogP contribution < -0.4 is 16.0 Å².